The number of hydrogen-bond donors (Lipinski definition) is 1. The Bertz CT molecular complexity index is 604. The molecule has 0 saturated carbocycles. The molecule has 2 heterocycles. The van der Waals surface area contributed by atoms with Crippen molar-refractivity contribution in [2.45, 2.75) is 31.8 Å². The lowest BCUT2D eigenvalue weighted by Crippen LogP contribution is -2.53. The van der Waals surface area contributed by atoms with E-state index in [9.17, 15) is 4.39 Å². The van der Waals surface area contributed by atoms with Crippen LogP contribution in [0.15, 0.2) is 26.6 Å². The van der Waals surface area contributed by atoms with Crippen molar-refractivity contribution < 1.29 is 4.39 Å². The van der Waals surface area contributed by atoms with Gasteiger partial charge < -0.3 is 10.2 Å². The minimum Gasteiger partial charge on any atom is -0.353 e. The summed E-state index contributed by atoms with van der Waals surface area (Å²) in [5, 5.41) is 3.60. The number of fused-ring (bicyclic) bond motifs is 2. The van der Waals surface area contributed by atoms with Crippen LogP contribution in [-0.4, -0.2) is 49.2 Å². The summed E-state index contributed by atoms with van der Waals surface area (Å²) in [4.78, 5) is 10.8. The molecule has 2 bridgehead atoms. The van der Waals surface area contributed by atoms with Crippen molar-refractivity contribution in [3.05, 3.63) is 28.0 Å². The summed E-state index contributed by atoms with van der Waals surface area (Å²) in [6, 6.07) is 4.58. The van der Waals surface area contributed by atoms with Crippen molar-refractivity contribution in [3.63, 3.8) is 0 Å². The molecule has 2 aliphatic heterocycles. The third kappa shape index (κ3) is 2.82. The van der Waals surface area contributed by atoms with Gasteiger partial charge >= 0.3 is 0 Å². The maximum Gasteiger partial charge on any atom is 0.163 e. The molecule has 2 atom stereocenters. The van der Waals surface area contributed by atoms with Gasteiger partial charge in [-0.25, -0.2) is 4.39 Å². The van der Waals surface area contributed by atoms with Crippen LogP contribution in [0.5, 0.6) is 0 Å². The zero-order valence-electron chi connectivity index (χ0n) is 12.6. The van der Waals surface area contributed by atoms with E-state index in [1.807, 2.05) is 13.0 Å². The van der Waals surface area contributed by atoms with Gasteiger partial charge in [0.2, 0.25) is 0 Å². The second-order valence-electron chi connectivity index (χ2n) is 5.76. The van der Waals surface area contributed by atoms with Gasteiger partial charge in [0.15, 0.2) is 5.82 Å². The van der Waals surface area contributed by atoms with Crippen LogP contribution in [0.1, 0.15) is 25.3 Å². The van der Waals surface area contributed by atoms with Crippen LogP contribution in [0.3, 0.4) is 0 Å². The number of benzene rings is 1. The van der Waals surface area contributed by atoms with Gasteiger partial charge in [-0.2, -0.15) is 0 Å². The van der Waals surface area contributed by atoms with Gasteiger partial charge in [-0.15, -0.1) is 0 Å². The van der Waals surface area contributed by atoms with Crippen LogP contribution >= 0.6 is 15.9 Å². The maximum absolute atomic E-state index is 14.3. The van der Waals surface area contributed by atoms with E-state index in [0.29, 0.717) is 23.1 Å². The van der Waals surface area contributed by atoms with Gasteiger partial charge in [0.1, 0.15) is 11.5 Å². The molecule has 0 spiro atoms. The number of rotatable bonds is 3. The van der Waals surface area contributed by atoms with E-state index < -0.39 is 0 Å². The van der Waals surface area contributed by atoms with Gasteiger partial charge in [-0.3, -0.25) is 9.98 Å². The Labute approximate surface area is 138 Å². The molecule has 2 fully saturated rings. The molecule has 22 heavy (non-hydrogen) atoms. The Morgan fingerprint density at radius 2 is 2.09 bits per heavy atom. The predicted octanol–water partition coefficient (Wildman–Crippen LogP) is 3.12. The van der Waals surface area contributed by atoms with E-state index in [4.69, 9.17) is 0 Å². The number of hydrogen-bond acceptors (Lipinski definition) is 3. The highest BCUT2D eigenvalue weighted by Gasteiger charge is 2.34. The van der Waals surface area contributed by atoms with E-state index >= 15 is 0 Å². The van der Waals surface area contributed by atoms with Gasteiger partial charge in [-0.1, -0.05) is 0 Å². The Hall–Kier alpha value is -1.27. The molecule has 0 radical (unpaired) electrons. The van der Waals surface area contributed by atoms with Crippen LogP contribution < -0.4 is 5.32 Å². The molecule has 0 amide bonds. The lowest BCUT2D eigenvalue weighted by atomic mass is 10.1. The fraction of sp³-hybridized carbons (Fsp3) is 0.500. The first kappa shape index (κ1) is 15.6. The van der Waals surface area contributed by atoms with E-state index in [0.717, 1.165) is 24.5 Å². The quantitative estimate of drug-likeness (QED) is 0.659. The molecule has 6 heteroatoms. The van der Waals surface area contributed by atoms with E-state index in [2.05, 4.69) is 42.8 Å². The fourth-order valence-corrected chi connectivity index (χ4v) is 3.67. The van der Waals surface area contributed by atoms with E-state index in [1.165, 1.54) is 12.8 Å². The highest BCUT2D eigenvalue weighted by Crippen LogP contribution is 2.31. The Morgan fingerprint density at radius 1 is 1.41 bits per heavy atom. The second kappa shape index (κ2) is 6.46. The number of nitrogens with zero attached hydrogens (tertiary/aromatic N) is 3. The van der Waals surface area contributed by atoms with Crippen molar-refractivity contribution in [1.82, 2.24) is 10.2 Å². The maximum atomic E-state index is 14.3. The zero-order valence-corrected chi connectivity index (χ0v) is 14.2. The minimum absolute atomic E-state index is 0.271. The topological polar surface area (TPSA) is 40.0 Å². The molecular weight excluding hydrogens is 347 g/mol. The van der Waals surface area contributed by atoms with Crippen LogP contribution in [-0.2, 0) is 0 Å². The molecule has 4 nitrogen and oxygen atoms in total. The fourth-order valence-electron chi connectivity index (χ4n) is 3.35. The molecule has 2 unspecified atom stereocenters. The number of nitrogens with one attached hydrogen (secondary N) is 1. The highest BCUT2D eigenvalue weighted by molar-refractivity contribution is 9.10. The Kier molecular flexibility index (Phi) is 4.59. The van der Waals surface area contributed by atoms with Crippen LogP contribution in [0, 0.1) is 5.82 Å². The second-order valence-corrected chi connectivity index (χ2v) is 6.61. The lowest BCUT2D eigenvalue weighted by Gasteiger charge is -2.35. The van der Waals surface area contributed by atoms with Crippen molar-refractivity contribution in [1.29, 1.82) is 0 Å². The standard InChI is InChI=1S/C16H20BrFN4/c1-3-20-16(22-8-10-4-5-11(9-22)21-10)12-6-7-13(17)14(18)15(12)19-2/h6-7,10-11,21H,2-5,8-9H2,1H3. The number of likely N-dealkylation sites (tertiary alicyclic amines) is 1. The lowest BCUT2D eigenvalue weighted by molar-refractivity contribution is 0.289. The van der Waals surface area contributed by atoms with Crippen molar-refractivity contribution in [2.75, 3.05) is 19.6 Å². The van der Waals surface area contributed by atoms with Gasteiger partial charge in [0, 0.05) is 37.3 Å². The Balaban J connectivity index is 2.00. The average molecular weight is 367 g/mol. The predicted molar refractivity (Wildman–Crippen MR) is 91.9 cm³/mol. The zero-order chi connectivity index (χ0) is 15.7. The molecule has 0 aromatic heterocycles. The molecule has 118 valence electrons. The van der Waals surface area contributed by atoms with Crippen LogP contribution in [0.4, 0.5) is 10.1 Å². The molecule has 1 aromatic rings. The average Bonchev–Trinajstić information content (AvgIpc) is 2.86. The molecular formula is C16H20BrFN4. The molecule has 3 rings (SSSR count). The Morgan fingerprint density at radius 3 is 2.68 bits per heavy atom. The number of amidine groups is 1. The van der Waals surface area contributed by atoms with Gasteiger partial charge in [0.05, 0.1) is 4.47 Å². The van der Waals surface area contributed by atoms with Gasteiger partial charge in [0.25, 0.3) is 0 Å². The van der Waals surface area contributed by atoms with Crippen LogP contribution in [0.25, 0.3) is 0 Å². The van der Waals surface area contributed by atoms with Crippen molar-refractivity contribution in [2.24, 2.45) is 9.98 Å². The normalized spacial score (nSPS) is 24.7. The third-order valence-electron chi connectivity index (χ3n) is 4.29. The summed E-state index contributed by atoms with van der Waals surface area (Å²) in [6.07, 6.45) is 2.39. The largest absolute Gasteiger partial charge is 0.353 e. The van der Waals surface area contributed by atoms with Crippen molar-refractivity contribution in [3.8, 4) is 0 Å². The summed E-state index contributed by atoms with van der Waals surface area (Å²) in [6.45, 7) is 7.99. The number of halogens is 2. The molecule has 0 aliphatic carbocycles. The number of aliphatic imine (C=N–C) groups is 2. The molecule has 2 aliphatic rings. The smallest absolute Gasteiger partial charge is 0.163 e. The first-order valence-corrected chi connectivity index (χ1v) is 8.43. The van der Waals surface area contributed by atoms with Crippen molar-refractivity contribution >= 4 is 34.2 Å². The van der Waals surface area contributed by atoms with E-state index in [-0.39, 0.29) is 11.5 Å². The molecule has 1 N–H and O–H groups in total. The summed E-state index contributed by atoms with van der Waals surface area (Å²) in [7, 11) is 0. The van der Waals surface area contributed by atoms with E-state index in [1.54, 1.807) is 6.07 Å². The SMILES string of the molecule is C=Nc1c(C(=NCC)N2CC3CCC(C2)N3)ccc(Br)c1F. The summed E-state index contributed by atoms with van der Waals surface area (Å²) in [5.74, 6) is 0.448. The van der Waals surface area contributed by atoms with Gasteiger partial charge in [-0.05, 0) is 54.5 Å². The minimum atomic E-state index is -0.380. The molecule has 2 saturated heterocycles. The summed E-state index contributed by atoms with van der Waals surface area (Å²) in [5.41, 5.74) is 0.992. The summed E-state index contributed by atoms with van der Waals surface area (Å²) < 4.78 is 14.7. The molecule has 1 aromatic carbocycles. The third-order valence-corrected chi connectivity index (χ3v) is 4.90. The summed E-state index contributed by atoms with van der Waals surface area (Å²) >= 11 is 3.21. The van der Waals surface area contributed by atoms with Crippen LogP contribution in [0.2, 0.25) is 0 Å². The highest BCUT2D eigenvalue weighted by atomic mass is 79.9. The first-order chi connectivity index (χ1) is 10.6. The first-order valence-electron chi connectivity index (χ1n) is 7.64. The monoisotopic (exact) mass is 366 g/mol. The number of piperazine rings is 1.